The van der Waals surface area contributed by atoms with Crippen LogP contribution in [0.15, 0.2) is 48.5 Å². The average molecular weight is 325 g/mol. The van der Waals surface area contributed by atoms with Gasteiger partial charge in [-0.05, 0) is 43.3 Å². The number of nitrogens with zero attached hydrogens (tertiary/aromatic N) is 2. The van der Waals surface area contributed by atoms with E-state index < -0.39 is 0 Å². The Labute approximate surface area is 142 Å². The molecule has 126 valence electrons. The molecule has 2 amide bonds. The number of aryl methyl sites for hydroxylation is 1. The molecule has 0 saturated carbocycles. The molecule has 2 aromatic carbocycles. The lowest BCUT2D eigenvalue weighted by Gasteiger charge is -2.22. The zero-order chi connectivity index (χ0) is 17.7. The zero-order valence-corrected chi connectivity index (χ0v) is 14.5. The Morgan fingerprint density at radius 3 is 1.96 bits per heavy atom. The van der Waals surface area contributed by atoms with Gasteiger partial charge in [0.1, 0.15) is 6.54 Å². The number of benzene rings is 2. The number of amides is 2. The second kappa shape index (κ2) is 7.64. The van der Waals surface area contributed by atoms with Crippen LogP contribution >= 0.6 is 0 Å². The standard InChI is InChI=1S/C19H23N3O2/c1-14-5-7-16(8-6-14)20-19(24)13-22(15(2)23)18-11-9-17(10-12-18)21(3)4/h5-12H,13H2,1-4H3,(H,20,24). The molecule has 0 atom stereocenters. The van der Waals surface area contributed by atoms with Gasteiger partial charge in [-0.15, -0.1) is 0 Å². The molecule has 0 bridgehead atoms. The van der Waals surface area contributed by atoms with Crippen LogP contribution in [0.3, 0.4) is 0 Å². The van der Waals surface area contributed by atoms with Crippen molar-refractivity contribution in [3.8, 4) is 0 Å². The first-order valence-corrected chi connectivity index (χ1v) is 7.79. The van der Waals surface area contributed by atoms with E-state index in [2.05, 4.69) is 5.32 Å². The van der Waals surface area contributed by atoms with Gasteiger partial charge in [-0.3, -0.25) is 9.59 Å². The van der Waals surface area contributed by atoms with E-state index in [0.29, 0.717) is 5.69 Å². The van der Waals surface area contributed by atoms with Gasteiger partial charge < -0.3 is 15.1 Å². The van der Waals surface area contributed by atoms with Crippen LogP contribution in [0.4, 0.5) is 17.1 Å². The molecule has 0 aliphatic rings. The average Bonchev–Trinajstić information content (AvgIpc) is 2.54. The summed E-state index contributed by atoms with van der Waals surface area (Å²) in [7, 11) is 3.90. The number of anilines is 3. The first-order valence-electron chi connectivity index (χ1n) is 7.79. The summed E-state index contributed by atoms with van der Waals surface area (Å²) in [6.45, 7) is 3.42. The molecule has 0 unspecified atom stereocenters. The van der Waals surface area contributed by atoms with Gasteiger partial charge in [0.2, 0.25) is 11.8 Å². The smallest absolute Gasteiger partial charge is 0.244 e. The van der Waals surface area contributed by atoms with Crippen LogP contribution < -0.4 is 15.1 Å². The monoisotopic (exact) mass is 325 g/mol. The van der Waals surface area contributed by atoms with Gasteiger partial charge in [-0.2, -0.15) is 0 Å². The lowest BCUT2D eigenvalue weighted by atomic mass is 10.2. The number of carbonyl (C=O) groups excluding carboxylic acids is 2. The minimum atomic E-state index is -0.231. The molecular weight excluding hydrogens is 302 g/mol. The van der Waals surface area contributed by atoms with Crippen LogP contribution in [0.5, 0.6) is 0 Å². The quantitative estimate of drug-likeness (QED) is 0.919. The van der Waals surface area contributed by atoms with E-state index >= 15 is 0 Å². The molecule has 0 heterocycles. The van der Waals surface area contributed by atoms with Gasteiger partial charge in [0, 0.05) is 38.1 Å². The number of hydrogen-bond acceptors (Lipinski definition) is 3. The summed E-state index contributed by atoms with van der Waals surface area (Å²) in [6.07, 6.45) is 0. The van der Waals surface area contributed by atoms with Crippen molar-refractivity contribution in [2.24, 2.45) is 0 Å². The van der Waals surface area contributed by atoms with Crippen LogP contribution in [-0.2, 0) is 9.59 Å². The minimum absolute atomic E-state index is 0.0233. The summed E-state index contributed by atoms with van der Waals surface area (Å²) in [5, 5.41) is 2.81. The number of hydrogen-bond donors (Lipinski definition) is 1. The highest BCUT2D eigenvalue weighted by molar-refractivity contribution is 6.01. The fourth-order valence-electron chi connectivity index (χ4n) is 2.30. The molecule has 0 saturated heterocycles. The van der Waals surface area contributed by atoms with Crippen LogP contribution in [0.1, 0.15) is 12.5 Å². The normalized spacial score (nSPS) is 10.2. The number of carbonyl (C=O) groups is 2. The van der Waals surface area contributed by atoms with Crippen molar-refractivity contribution >= 4 is 28.9 Å². The summed E-state index contributed by atoms with van der Waals surface area (Å²) in [5.74, 6) is -0.405. The van der Waals surface area contributed by atoms with E-state index in [1.807, 2.05) is 74.4 Å². The lowest BCUT2D eigenvalue weighted by molar-refractivity contribution is -0.120. The molecular formula is C19H23N3O2. The van der Waals surface area contributed by atoms with Crippen LogP contribution in [0.2, 0.25) is 0 Å². The maximum absolute atomic E-state index is 12.2. The molecule has 0 aliphatic carbocycles. The van der Waals surface area contributed by atoms with Crippen molar-refractivity contribution < 1.29 is 9.59 Å². The molecule has 5 nitrogen and oxygen atoms in total. The van der Waals surface area contributed by atoms with Crippen molar-refractivity contribution in [1.29, 1.82) is 0 Å². The fraction of sp³-hybridized carbons (Fsp3) is 0.263. The molecule has 2 aromatic rings. The molecule has 0 aliphatic heterocycles. The van der Waals surface area contributed by atoms with Crippen molar-refractivity contribution in [2.75, 3.05) is 35.8 Å². The Balaban J connectivity index is 2.08. The van der Waals surface area contributed by atoms with Gasteiger partial charge in [0.05, 0.1) is 0 Å². The fourth-order valence-corrected chi connectivity index (χ4v) is 2.30. The van der Waals surface area contributed by atoms with Gasteiger partial charge in [0.15, 0.2) is 0 Å². The third kappa shape index (κ3) is 4.59. The summed E-state index contributed by atoms with van der Waals surface area (Å²) in [4.78, 5) is 27.6. The highest BCUT2D eigenvalue weighted by Gasteiger charge is 2.16. The summed E-state index contributed by atoms with van der Waals surface area (Å²) in [5.41, 5.74) is 3.58. The molecule has 0 radical (unpaired) electrons. The van der Waals surface area contributed by atoms with Gasteiger partial charge in [-0.1, -0.05) is 17.7 Å². The number of rotatable bonds is 5. The molecule has 0 spiro atoms. The first-order chi connectivity index (χ1) is 11.4. The van der Waals surface area contributed by atoms with Gasteiger partial charge in [-0.25, -0.2) is 0 Å². The molecule has 24 heavy (non-hydrogen) atoms. The number of nitrogens with one attached hydrogen (secondary N) is 1. The second-order valence-corrected chi connectivity index (χ2v) is 5.93. The first kappa shape index (κ1) is 17.5. The second-order valence-electron chi connectivity index (χ2n) is 5.93. The van der Waals surface area contributed by atoms with E-state index in [0.717, 1.165) is 16.9 Å². The van der Waals surface area contributed by atoms with E-state index in [9.17, 15) is 9.59 Å². The maximum atomic E-state index is 12.2. The molecule has 2 rings (SSSR count). The van der Waals surface area contributed by atoms with Crippen molar-refractivity contribution in [2.45, 2.75) is 13.8 Å². The van der Waals surface area contributed by atoms with Gasteiger partial charge >= 0.3 is 0 Å². The van der Waals surface area contributed by atoms with E-state index in [1.165, 1.54) is 11.8 Å². The minimum Gasteiger partial charge on any atom is -0.378 e. The highest BCUT2D eigenvalue weighted by atomic mass is 16.2. The molecule has 0 fully saturated rings. The van der Waals surface area contributed by atoms with Crippen molar-refractivity contribution in [3.05, 3.63) is 54.1 Å². The van der Waals surface area contributed by atoms with Gasteiger partial charge in [0.25, 0.3) is 0 Å². The highest BCUT2D eigenvalue weighted by Crippen LogP contribution is 2.20. The molecule has 1 N–H and O–H groups in total. The lowest BCUT2D eigenvalue weighted by Crippen LogP contribution is -2.36. The largest absolute Gasteiger partial charge is 0.378 e. The Kier molecular flexibility index (Phi) is 5.58. The van der Waals surface area contributed by atoms with Crippen LogP contribution in [0, 0.1) is 6.92 Å². The third-order valence-corrected chi connectivity index (χ3v) is 3.69. The summed E-state index contributed by atoms with van der Waals surface area (Å²) in [6, 6.07) is 15.1. The van der Waals surface area contributed by atoms with Crippen LogP contribution in [0.25, 0.3) is 0 Å². The topological polar surface area (TPSA) is 52.7 Å². The van der Waals surface area contributed by atoms with Crippen molar-refractivity contribution in [1.82, 2.24) is 0 Å². The van der Waals surface area contributed by atoms with Crippen molar-refractivity contribution in [3.63, 3.8) is 0 Å². The summed E-state index contributed by atoms with van der Waals surface area (Å²) < 4.78 is 0. The predicted molar refractivity (Wildman–Crippen MR) is 98.6 cm³/mol. The third-order valence-electron chi connectivity index (χ3n) is 3.69. The zero-order valence-electron chi connectivity index (χ0n) is 14.5. The SMILES string of the molecule is CC(=O)N(CC(=O)Nc1ccc(C)cc1)c1ccc(N(C)C)cc1. The van der Waals surface area contributed by atoms with E-state index in [4.69, 9.17) is 0 Å². The Morgan fingerprint density at radius 2 is 1.46 bits per heavy atom. The predicted octanol–water partition coefficient (Wildman–Crippen LogP) is 3.05. The Morgan fingerprint density at radius 1 is 0.917 bits per heavy atom. The van der Waals surface area contributed by atoms with Crippen LogP contribution in [-0.4, -0.2) is 32.5 Å². The van der Waals surface area contributed by atoms with E-state index in [1.54, 1.807) is 0 Å². The van der Waals surface area contributed by atoms with E-state index in [-0.39, 0.29) is 18.4 Å². The molecule has 0 aromatic heterocycles. The Hall–Kier alpha value is -2.82. The summed E-state index contributed by atoms with van der Waals surface area (Å²) >= 11 is 0. The molecule has 5 heteroatoms. The maximum Gasteiger partial charge on any atom is 0.244 e. The Bertz CT molecular complexity index is 706.